The molecule has 0 atom stereocenters. The minimum atomic E-state index is -0.906. The molecule has 92 valence electrons. The number of nitrogens with two attached hydrogens (primary N) is 1. The van der Waals surface area contributed by atoms with E-state index in [-0.39, 0.29) is 24.8 Å². The number of amides is 1. The third-order valence-electron chi connectivity index (χ3n) is 2.07. The SMILES string of the molecule is C=C(C)NCC(=O)N(C)CC(=O)C(C)(C)N. The number of Topliss-reactive ketones (excluding diaryl/α,β-unsaturated/α-hetero) is 1. The summed E-state index contributed by atoms with van der Waals surface area (Å²) in [5, 5.41) is 2.81. The lowest BCUT2D eigenvalue weighted by molar-refractivity contribution is -0.134. The first-order chi connectivity index (χ1) is 7.14. The van der Waals surface area contributed by atoms with Crippen molar-refractivity contribution in [2.45, 2.75) is 26.3 Å². The Morgan fingerprint density at radius 3 is 2.31 bits per heavy atom. The lowest BCUT2D eigenvalue weighted by Gasteiger charge is -2.22. The van der Waals surface area contributed by atoms with Gasteiger partial charge in [0.25, 0.3) is 0 Å². The molecule has 16 heavy (non-hydrogen) atoms. The van der Waals surface area contributed by atoms with Crippen LogP contribution in [-0.2, 0) is 9.59 Å². The van der Waals surface area contributed by atoms with Crippen LogP contribution in [0.3, 0.4) is 0 Å². The van der Waals surface area contributed by atoms with Gasteiger partial charge in [-0.25, -0.2) is 0 Å². The minimum Gasteiger partial charge on any atom is -0.380 e. The van der Waals surface area contributed by atoms with Gasteiger partial charge in [0, 0.05) is 12.7 Å². The van der Waals surface area contributed by atoms with E-state index in [2.05, 4.69) is 11.9 Å². The van der Waals surface area contributed by atoms with E-state index in [4.69, 9.17) is 5.73 Å². The van der Waals surface area contributed by atoms with Gasteiger partial charge in [-0.1, -0.05) is 6.58 Å². The van der Waals surface area contributed by atoms with E-state index >= 15 is 0 Å². The Hall–Kier alpha value is -1.36. The van der Waals surface area contributed by atoms with Gasteiger partial charge < -0.3 is 16.0 Å². The highest BCUT2D eigenvalue weighted by atomic mass is 16.2. The minimum absolute atomic E-state index is 0.0280. The van der Waals surface area contributed by atoms with Gasteiger partial charge >= 0.3 is 0 Å². The quantitative estimate of drug-likeness (QED) is 0.663. The molecule has 0 unspecified atom stereocenters. The third kappa shape index (κ3) is 5.50. The Labute approximate surface area is 96.7 Å². The van der Waals surface area contributed by atoms with Crippen molar-refractivity contribution in [2.75, 3.05) is 20.1 Å². The average Bonchev–Trinajstić information content (AvgIpc) is 2.12. The van der Waals surface area contributed by atoms with E-state index < -0.39 is 5.54 Å². The van der Waals surface area contributed by atoms with Gasteiger partial charge in [0.15, 0.2) is 5.78 Å². The summed E-state index contributed by atoms with van der Waals surface area (Å²) in [4.78, 5) is 24.5. The molecule has 1 amide bonds. The molecule has 0 saturated carbocycles. The molecule has 0 aromatic carbocycles. The Morgan fingerprint density at radius 2 is 1.94 bits per heavy atom. The number of carbonyl (C=O) groups excluding carboxylic acids is 2. The average molecular weight is 227 g/mol. The molecule has 0 fully saturated rings. The maximum absolute atomic E-state index is 11.6. The Morgan fingerprint density at radius 1 is 1.44 bits per heavy atom. The van der Waals surface area contributed by atoms with E-state index in [1.54, 1.807) is 27.8 Å². The Balaban J connectivity index is 4.16. The predicted octanol–water partition coefficient (Wildman–Crippen LogP) is -0.126. The molecule has 0 radical (unpaired) electrons. The smallest absolute Gasteiger partial charge is 0.242 e. The first-order valence-electron chi connectivity index (χ1n) is 5.10. The van der Waals surface area contributed by atoms with E-state index in [9.17, 15) is 9.59 Å². The summed E-state index contributed by atoms with van der Waals surface area (Å²) in [7, 11) is 1.58. The van der Waals surface area contributed by atoms with Crippen molar-refractivity contribution in [3.8, 4) is 0 Å². The van der Waals surface area contributed by atoms with Crippen LogP contribution in [0.15, 0.2) is 12.3 Å². The third-order valence-corrected chi connectivity index (χ3v) is 2.07. The van der Waals surface area contributed by atoms with Crippen LogP contribution in [0, 0.1) is 0 Å². The maximum Gasteiger partial charge on any atom is 0.242 e. The van der Waals surface area contributed by atoms with E-state index in [0.29, 0.717) is 5.70 Å². The Bertz CT molecular complexity index is 292. The van der Waals surface area contributed by atoms with Crippen LogP contribution >= 0.6 is 0 Å². The topological polar surface area (TPSA) is 75.4 Å². The van der Waals surface area contributed by atoms with Crippen molar-refractivity contribution in [3.05, 3.63) is 12.3 Å². The number of rotatable bonds is 6. The lowest BCUT2D eigenvalue weighted by atomic mass is 10.0. The molecule has 0 saturated heterocycles. The number of hydrogen-bond acceptors (Lipinski definition) is 4. The van der Waals surface area contributed by atoms with Crippen LogP contribution in [0.1, 0.15) is 20.8 Å². The van der Waals surface area contributed by atoms with E-state index in [1.807, 2.05) is 0 Å². The van der Waals surface area contributed by atoms with E-state index in [0.717, 1.165) is 0 Å². The number of allylic oxidation sites excluding steroid dienone is 1. The van der Waals surface area contributed by atoms with Crippen molar-refractivity contribution in [3.63, 3.8) is 0 Å². The molecule has 0 spiro atoms. The molecule has 0 aromatic heterocycles. The molecule has 5 heteroatoms. The number of nitrogens with one attached hydrogen (secondary N) is 1. The summed E-state index contributed by atoms with van der Waals surface area (Å²) in [6.45, 7) is 8.80. The molecule has 0 aromatic rings. The highest BCUT2D eigenvalue weighted by Crippen LogP contribution is 2.00. The second kappa shape index (κ2) is 5.65. The summed E-state index contributed by atoms with van der Waals surface area (Å²) in [5.41, 5.74) is 5.44. The van der Waals surface area contributed by atoms with Gasteiger partial charge in [-0.05, 0) is 20.8 Å². The first-order valence-corrected chi connectivity index (χ1v) is 5.10. The molecular formula is C11H21N3O2. The first kappa shape index (κ1) is 14.6. The maximum atomic E-state index is 11.6. The fourth-order valence-corrected chi connectivity index (χ4v) is 0.869. The molecule has 0 heterocycles. The molecule has 0 aliphatic rings. The number of nitrogens with zero attached hydrogens (tertiary/aromatic N) is 1. The molecule has 5 nitrogen and oxygen atoms in total. The fourth-order valence-electron chi connectivity index (χ4n) is 0.869. The predicted molar refractivity (Wildman–Crippen MR) is 63.7 cm³/mol. The highest BCUT2D eigenvalue weighted by molar-refractivity contribution is 5.92. The summed E-state index contributed by atoms with van der Waals surface area (Å²) in [5.74, 6) is -0.334. The monoisotopic (exact) mass is 227 g/mol. The number of ketones is 1. The summed E-state index contributed by atoms with van der Waals surface area (Å²) < 4.78 is 0. The largest absolute Gasteiger partial charge is 0.380 e. The van der Waals surface area contributed by atoms with Crippen LogP contribution in [-0.4, -0.2) is 42.3 Å². The van der Waals surface area contributed by atoms with Crippen molar-refractivity contribution < 1.29 is 9.59 Å². The van der Waals surface area contributed by atoms with Crippen LogP contribution in [0.4, 0.5) is 0 Å². The van der Waals surface area contributed by atoms with E-state index in [1.165, 1.54) is 4.90 Å². The zero-order chi connectivity index (χ0) is 12.9. The van der Waals surface area contributed by atoms with Crippen molar-refractivity contribution >= 4 is 11.7 Å². The number of likely N-dealkylation sites (N-methyl/N-ethyl adjacent to an activating group) is 1. The van der Waals surface area contributed by atoms with Gasteiger partial charge in [-0.15, -0.1) is 0 Å². The molecule has 0 aliphatic heterocycles. The van der Waals surface area contributed by atoms with Gasteiger partial charge in [0.05, 0.1) is 18.6 Å². The standard InChI is InChI=1S/C11H21N3O2/c1-8(2)13-6-10(16)14(5)7-9(15)11(3,4)12/h13H,1,6-7,12H2,2-5H3. The van der Waals surface area contributed by atoms with Crippen molar-refractivity contribution in [1.82, 2.24) is 10.2 Å². The zero-order valence-corrected chi connectivity index (χ0v) is 10.5. The van der Waals surface area contributed by atoms with Gasteiger partial charge in [0.1, 0.15) is 0 Å². The van der Waals surface area contributed by atoms with Gasteiger partial charge in [-0.2, -0.15) is 0 Å². The lowest BCUT2D eigenvalue weighted by Crippen LogP contribution is -2.48. The molecule has 0 aliphatic carbocycles. The molecule has 0 rings (SSSR count). The highest BCUT2D eigenvalue weighted by Gasteiger charge is 2.24. The second-order valence-corrected chi connectivity index (χ2v) is 4.53. The summed E-state index contributed by atoms with van der Waals surface area (Å²) in [6.07, 6.45) is 0. The van der Waals surface area contributed by atoms with Gasteiger partial charge in [-0.3, -0.25) is 9.59 Å². The van der Waals surface area contributed by atoms with Crippen LogP contribution in [0.2, 0.25) is 0 Å². The van der Waals surface area contributed by atoms with Crippen LogP contribution < -0.4 is 11.1 Å². The Kier molecular flexibility index (Phi) is 5.17. The zero-order valence-electron chi connectivity index (χ0n) is 10.5. The van der Waals surface area contributed by atoms with Crippen molar-refractivity contribution in [1.29, 1.82) is 0 Å². The van der Waals surface area contributed by atoms with Crippen LogP contribution in [0.25, 0.3) is 0 Å². The number of hydrogen-bond donors (Lipinski definition) is 2. The fraction of sp³-hybridized carbons (Fsp3) is 0.636. The molecule has 0 bridgehead atoms. The van der Waals surface area contributed by atoms with Gasteiger partial charge in [0.2, 0.25) is 5.91 Å². The molecular weight excluding hydrogens is 206 g/mol. The summed E-state index contributed by atoms with van der Waals surface area (Å²) in [6, 6.07) is 0. The summed E-state index contributed by atoms with van der Waals surface area (Å²) >= 11 is 0. The van der Waals surface area contributed by atoms with Crippen molar-refractivity contribution in [2.24, 2.45) is 5.73 Å². The number of carbonyl (C=O) groups is 2. The van der Waals surface area contributed by atoms with Crippen LogP contribution in [0.5, 0.6) is 0 Å². The molecule has 3 N–H and O–H groups in total. The normalized spacial score (nSPS) is 10.8. The second-order valence-electron chi connectivity index (χ2n) is 4.53.